The number of methoxy groups -OCH3 is 1. The second kappa shape index (κ2) is 10.3. The second-order valence-corrected chi connectivity index (χ2v) is 10.0. The van der Waals surface area contributed by atoms with E-state index in [9.17, 15) is 13.2 Å². The van der Waals surface area contributed by atoms with Crippen molar-refractivity contribution in [3.8, 4) is 5.75 Å². The Morgan fingerprint density at radius 3 is 2.60 bits per heavy atom. The number of aryl methyl sites for hydroxylation is 1. The predicted molar refractivity (Wildman–Crippen MR) is 135 cm³/mol. The molecule has 8 nitrogen and oxygen atoms in total. The van der Waals surface area contributed by atoms with E-state index in [1.54, 1.807) is 37.3 Å². The first-order chi connectivity index (χ1) is 16.8. The zero-order chi connectivity index (χ0) is 25.0. The van der Waals surface area contributed by atoms with E-state index < -0.39 is 10.0 Å². The van der Waals surface area contributed by atoms with Gasteiger partial charge in [0.15, 0.2) is 5.76 Å². The van der Waals surface area contributed by atoms with Gasteiger partial charge >= 0.3 is 0 Å². The molecule has 0 saturated carbocycles. The molecule has 182 valence electrons. The van der Waals surface area contributed by atoms with Gasteiger partial charge in [0.1, 0.15) is 22.0 Å². The van der Waals surface area contributed by atoms with Gasteiger partial charge in [-0.2, -0.15) is 4.31 Å². The maximum Gasteiger partial charge on any atom is 0.247 e. The first-order valence-corrected chi connectivity index (χ1v) is 12.6. The van der Waals surface area contributed by atoms with Crippen LogP contribution in [0.15, 0.2) is 64.0 Å². The van der Waals surface area contributed by atoms with Gasteiger partial charge in [0, 0.05) is 20.0 Å². The largest absolute Gasteiger partial charge is 0.495 e. The summed E-state index contributed by atoms with van der Waals surface area (Å²) < 4.78 is 39.2. The highest BCUT2D eigenvalue weighted by molar-refractivity contribution is 7.89. The standard InChI is InChI=1S/C26H27N3O5S/c1-18-26(27-19(2)30)24(34-28-18)12-10-20-9-11-23(33-3)25(17-20)35(31,32)29-15-13-22(14-16-29)21-7-5-4-6-8-21/h4-13,17H,14-16H2,1-3H3,(H,27,30)/b12-10-. The van der Waals surface area contributed by atoms with Crippen LogP contribution < -0.4 is 10.1 Å². The summed E-state index contributed by atoms with van der Waals surface area (Å²) >= 11 is 0. The molecular formula is C26H27N3O5S. The number of carbonyl (C=O) groups is 1. The van der Waals surface area contributed by atoms with Crippen molar-refractivity contribution < 1.29 is 22.5 Å². The molecule has 1 aliphatic heterocycles. The first kappa shape index (κ1) is 24.4. The number of hydrogen-bond donors (Lipinski definition) is 1. The lowest BCUT2D eigenvalue weighted by Gasteiger charge is -2.26. The van der Waals surface area contributed by atoms with Gasteiger partial charge in [-0.3, -0.25) is 4.79 Å². The Hall–Kier alpha value is -3.69. The Balaban J connectivity index is 1.60. The summed E-state index contributed by atoms with van der Waals surface area (Å²) in [5, 5.41) is 6.58. The number of hydrogen-bond acceptors (Lipinski definition) is 6. The number of rotatable bonds is 7. The number of anilines is 1. The fraction of sp³-hybridized carbons (Fsp3) is 0.231. The molecule has 0 atom stereocenters. The van der Waals surface area contributed by atoms with Crippen LogP contribution in [0.25, 0.3) is 17.7 Å². The van der Waals surface area contributed by atoms with E-state index in [1.807, 2.05) is 36.4 Å². The molecule has 1 aromatic heterocycles. The van der Waals surface area contributed by atoms with Crippen LogP contribution in [0.4, 0.5) is 5.69 Å². The third-order valence-corrected chi connectivity index (χ3v) is 7.63. The van der Waals surface area contributed by atoms with Gasteiger partial charge in [0.05, 0.1) is 7.11 Å². The fourth-order valence-electron chi connectivity index (χ4n) is 3.92. The van der Waals surface area contributed by atoms with Crippen LogP contribution in [0, 0.1) is 6.92 Å². The Labute approximate surface area is 204 Å². The SMILES string of the molecule is COc1ccc(/C=C\c2onc(C)c2NC(C)=O)cc1S(=O)(=O)N1CC=C(c2ccccc2)CC1. The summed E-state index contributed by atoms with van der Waals surface area (Å²) in [5.41, 5.74) is 3.90. The number of sulfonamides is 1. The van der Waals surface area contributed by atoms with E-state index in [4.69, 9.17) is 9.26 Å². The van der Waals surface area contributed by atoms with Crippen molar-refractivity contribution in [2.24, 2.45) is 0 Å². The highest BCUT2D eigenvalue weighted by atomic mass is 32.2. The zero-order valence-electron chi connectivity index (χ0n) is 19.8. The van der Waals surface area contributed by atoms with Crippen molar-refractivity contribution in [3.05, 3.63) is 77.2 Å². The molecular weight excluding hydrogens is 466 g/mol. The Bertz CT molecular complexity index is 1390. The van der Waals surface area contributed by atoms with E-state index in [1.165, 1.54) is 18.3 Å². The molecule has 2 aromatic carbocycles. The second-order valence-electron chi connectivity index (χ2n) is 8.14. The monoisotopic (exact) mass is 493 g/mol. The molecule has 1 aliphatic rings. The van der Waals surface area contributed by atoms with Crippen molar-refractivity contribution in [1.29, 1.82) is 0 Å². The molecule has 1 N–H and O–H groups in total. The van der Waals surface area contributed by atoms with Gasteiger partial charge in [-0.25, -0.2) is 8.42 Å². The highest BCUT2D eigenvalue weighted by Crippen LogP contribution is 2.32. The smallest absolute Gasteiger partial charge is 0.247 e. The lowest BCUT2D eigenvalue weighted by molar-refractivity contribution is -0.114. The van der Waals surface area contributed by atoms with Crippen molar-refractivity contribution in [2.75, 3.05) is 25.5 Å². The highest BCUT2D eigenvalue weighted by Gasteiger charge is 2.29. The summed E-state index contributed by atoms with van der Waals surface area (Å²) in [6.45, 7) is 3.79. The Morgan fingerprint density at radius 1 is 1.17 bits per heavy atom. The number of ether oxygens (including phenoxy) is 1. The summed E-state index contributed by atoms with van der Waals surface area (Å²) in [6, 6.07) is 14.9. The topological polar surface area (TPSA) is 102 Å². The van der Waals surface area contributed by atoms with Gasteiger partial charge in [0.2, 0.25) is 15.9 Å². The normalized spacial score (nSPS) is 14.7. The van der Waals surface area contributed by atoms with E-state index in [2.05, 4.69) is 10.5 Å². The zero-order valence-corrected chi connectivity index (χ0v) is 20.6. The molecule has 0 spiro atoms. The maximum absolute atomic E-state index is 13.5. The quantitative estimate of drug-likeness (QED) is 0.516. The molecule has 0 bridgehead atoms. The molecule has 0 saturated heterocycles. The average Bonchev–Trinajstić information content (AvgIpc) is 3.21. The molecule has 0 radical (unpaired) electrons. The number of amides is 1. The summed E-state index contributed by atoms with van der Waals surface area (Å²) in [7, 11) is -2.35. The average molecular weight is 494 g/mol. The molecule has 2 heterocycles. The third kappa shape index (κ3) is 5.36. The minimum Gasteiger partial charge on any atom is -0.495 e. The van der Waals surface area contributed by atoms with E-state index in [0.29, 0.717) is 35.7 Å². The summed E-state index contributed by atoms with van der Waals surface area (Å²) in [4.78, 5) is 11.6. The number of carbonyl (C=O) groups excluding carboxylic acids is 1. The lowest BCUT2D eigenvalue weighted by Crippen LogP contribution is -2.35. The summed E-state index contributed by atoms with van der Waals surface area (Å²) in [6.07, 6.45) is 5.93. The molecule has 9 heteroatoms. The van der Waals surface area contributed by atoms with Gasteiger partial charge < -0.3 is 14.6 Å². The van der Waals surface area contributed by atoms with Crippen LogP contribution in [0.2, 0.25) is 0 Å². The number of benzene rings is 2. The molecule has 0 fully saturated rings. The molecule has 1 amide bonds. The van der Waals surface area contributed by atoms with Gasteiger partial charge in [-0.15, -0.1) is 0 Å². The van der Waals surface area contributed by atoms with Crippen molar-refractivity contribution in [3.63, 3.8) is 0 Å². The van der Waals surface area contributed by atoms with Gasteiger partial charge in [-0.05, 0) is 48.3 Å². The lowest BCUT2D eigenvalue weighted by atomic mass is 10.0. The third-order valence-electron chi connectivity index (χ3n) is 5.74. The van der Waals surface area contributed by atoms with Crippen LogP contribution in [0.5, 0.6) is 5.75 Å². The summed E-state index contributed by atoms with van der Waals surface area (Å²) in [5.74, 6) is 0.400. The van der Waals surface area contributed by atoms with Crippen LogP contribution in [-0.2, 0) is 14.8 Å². The Morgan fingerprint density at radius 2 is 1.94 bits per heavy atom. The number of aromatic nitrogens is 1. The van der Waals surface area contributed by atoms with Crippen LogP contribution in [-0.4, -0.2) is 44.0 Å². The molecule has 0 aliphatic carbocycles. The molecule has 35 heavy (non-hydrogen) atoms. The number of nitrogens with zero attached hydrogens (tertiary/aromatic N) is 2. The molecule has 4 rings (SSSR count). The fourth-order valence-corrected chi connectivity index (χ4v) is 5.49. The van der Waals surface area contributed by atoms with Crippen molar-refractivity contribution in [2.45, 2.75) is 25.2 Å². The van der Waals surface area contributed by atoms with E-state index in [-0.39, 0.29) is 23.1 Å². The minimum absolute atomic E-state index is 0.0922. The van der Waals surface area contributed by atoms with Gasteiger partial charge in [-0.1, -0.05) is 53.7 Å². The van der Waals surface area contributed by atoms with Crippen LogP contribution >= 0.6 is 0 Å². The first-order valence-electron chi connectivity index (χ1n) is 11.1. The van der Waals surface area contributed by atoms with E-state index in [0.717, 1.165) is 11.1 Å². The minimum atomic E-state index is -3.80. The maximum atomic E-state index is 13.5. The van der Waals surface area contributed by atoms with E-state index >= 15 is 0 Å². The van der Waals surface area contributed by atoms with Crippen molar-refractivity contribution in [1.82, 2.24) is 9.46 Å². The van der Waals surface area contributed by atoms with Gasteiger partial charge in [0.25, 0.3) is 0 Å². The van der Waals surface area contributed by atoms with Crippen molar-refractivity contribution >= 4 is 39.3 Å². The Kier molecular flexibility index (Phi) is 7.18. The predicted octanol–water partition coefficient (Wildman–Crippen LogP) is 4.60. The number of nitrogens with one attached hydrogen (secondary N) is 1. The van der Waals surface area contributed by atoms with Crippen LogP contribution in [0.1, 0.15) is 35.9 Å². The molecule has 0 unspecified atom stereocenters. The molecule has 3 aromatic rings. The van der Waals surface area contributed by atoms with Crippen LogP contribution in [0.3, 0.4) is 0 Å².